The van der Waals surface area contributed by atoms with Crippen molar-refractivity contribution < 1.29 is 14.3 Å². The lowest BCUT2D eigenvalue weighted by Gasteiger charge is -2.22. The average molecular weight is 330 g/mol. The molecule has 1 unspecified atom stereocenters. The van der Waals surface area contributed by atoms with Crippen LogP contribution in [0.1, 0.15) is 40.6 Å². The van der Waals surface area contributed by atoms with E-state index in [0.29, 0.717) is 24.7 Å². The van der Waals surface area contributed by atoms with Crippen LogP contribution in [0.15, 0.2) is 24.4 Å². The number of pyridine rings is 1. The van der Waals surface area contributed by atoms with Crippen molar-refractivity contribution in [1.29, 1.82) is 0 Å². The Morgan fingerprint density at radius 2 is 2.29 bits per heavy atom. The molecule has 7 heteroatoms. The van der Waals surface area contributed by atoms with Gasteiger partial charge in [0.2, 0.25) is 5.88 Å². The number of carbonyl (C=O) groups is 1. The van der Waals surface area contributed by atoms with Crippen molar-refractivity contribution in [2.24, 2.45) is 0 Å². The fraction of sp³-hybridized carbons (Fsp3) is 0.471. The van der Waals surface area contributed by atoms with Crippen molar-refractivity contribution in [3.8, 4) is 5.88 Å². The minimum absolute atomic E-state index is 0.0851. The Morgan fingerprint density at radius 1 is 1.42 bits per heavy atom. The third-order valence-electron chi connectivity index (χ3n) is 4.13. The molecule has 2 aromatic heterocycles. The zero-order valence-electron chi connectivity index (χ0n) is 14.0. The molecule has 0 spiro atoms. The van der Waals surface area contributed by atoms with Gasteiger partial charge in [0.05, 0.1) is 32.0 Å². The fourth-order valence-electron chi connectivity index (χ4n) is 2.92. The highest BCUT2D eigenvalue weighted by molar-refractivity contribution is 5.92. The van der Waals surface area contributed by atoms with Crippen LogP contribution in [-0.4, -0.2) is 41.5 Å². The quantitative estimate of drug-likeness (QED) is 0.873. The molecule has 0 saturated heterocycles. The summed E-state index contributed by atoms with van der Waals surface area (Å²) in [6, 6.07) is 5.07. The second kappa shape index (κ2) is 7.44. The van der Waals surface area contributed by atoms with Crippen LogP contribution < -0.4 is 10.1 Å². The Balaban J connectivity index is 1.74. The lowest BCUT2D eigenvalue weighted by molar-refractivity contribution is 0.0925. The van der Waals surface area contributed by atoms with Gasteiger partial charge in [0.1, 0.15) is 5.69 Å². The molecule has 1 atom stereocenters. The van der Waals surface area contributed by atoms with Crippen LogP contribution in [-0.2, 0) is 17.7 Å². The molecule has 128 valence electrons. The molecule has 0 saturated carbocycles. The molecule has 2 aromatic rings. The molecule has 24 heavy (non-hydrogen) atoms. The smallest absolute Gasteiger partial charge is 0.270 e. The first-order valence-corrected chi connectivity index (χ1v) is 8.08. The summed E-state index contributed by atoms with van der Waals surface area (Å²) in [7, 11) is 3.21. The minimum Gasteiger partial charge on any atom is -0.481 e. The van der Waals surface area contributed by atoms with Gasteiger partial charge in [0, 0.05) is 19.4 Å². The normalized spacial score (nSPS) is 16.5. The van der Waals surface area contributed by atoms with Crippen molar-refractivity contribution in [1.82, 2.24) is 20.1 Å². The number of aryl methyl sites for hydroxylation is 1. The highest BCUT2D eigenvalue weighted by Crippen LogP contribution is 2.28. The van der Waals surface area contributed by atoms with Crippen molar-refractivity contribution >= 4 is 5.91 Å². The summed E-state index contributed by atoms with van der Waals surface area (Å²) < 4.78 is 12.1. The van der Waals surface area contributed by atoms with Gasteiger partial charge in [-0.1, -0.05) is 6.07 Å². The molecule has 0 aliphatic heterocycles. The van der Waals surface area contributed by atoms with Crippen LogP contribution in [0.2, 0.25) is 0 Å². The molecule has 1 amide bonds. The minimum atomic E-state index is -0.210. The van der Waals surface area contributed by atoms with E-state index in [1.165, 1.54) is 12.7 Å². The first-order chi connectivity index (χ1) is 11.7. The molecular formula is C17H22N4O3. The summed E-state index contributed by atoms with van der Waals surface area (Å²) >= 11 is 0. The number of rotatable bonds is 6. The number of methoxy groups -OCH3 is 2. The number of fused-ring (bicyclic) bond motifs is 1. The Kier molecular flexibility index (Phi) is 5.10. The zero-order chi connectivity index (χ0) is 16.9. The Labute approximate surface area is 141 Å². The number of ether oxygens (including phenoxy) is 2. The van der Waals surface area contributed by atoms with Crippen LogP contribution in [0.25, 0.3) is 0 Å². The first kappa shape index (κ1) is 16.4. The van der Waals surface area contributed by atoms with E-state index in [0.717, 1.165) is 25.0 Å². The van der Waals surface area contributed by atoms with Crippen molar-refractivity contribution in [3.63, 3.8) is 0 Å². The van der Waals surface area contributed by atoms with Crippen molar-refractivity contribution in [2.45, 2.75) is 31.8 Å². The fourth-order valence-corrected chi connectivity index (χ4v) is 2.92. The van der Waals surface area contributed by atoms with E-state index in [1.54, 1.807) is 25.3 Å². The number of aromatic nitrogens is 3. The van der Waals surface area contributed by atoms with E-state index in [1.807, 2.05) is 4.68 Å². The molecule has 1 aliphatic rings. The summed E-state index contributed by atoms with van der Waals surface area (Å²) in [5, 5.41) is 7.68. The summed E-state index contributed by atoms with van der Waals surface area (Å²) in [6.45, 7) is 1.33. The topological polar surface area (TPSA) is 78.3 Å². The number of amides is 1. The van der Waals surface area contributed by atoms with Gasteiger partial charge in [-0.25, -0.2) is 4.98 Å². The first-order valence-electron chi connectivity index (χ1n) is 8.08. The number of hydrogen-bond acceptors (Lipinski definition) is 5. The standard InChI is InChI=1S/C17H22N4O3/c1-23-10-9-21-11-12-5-3-6-13(16(12)20-21)19-17(22)14-7-4-8-15(18-14)24-2/h4,7-8,11,13H,3,5-6,9-10H2,1-2H3,(H,19,22). The van der Waals surface area contributed by atoms with Crippen LogP contribution in [0.5, 0.6) is 5.88 Å². The Hall–Kier alpha value is -2.41. The lowest BCUT2D eigenvalue weighted by atomic mass is 9.93. The van der Waals surface area contributed by atoms with Crippen LogP contribution in [0.4, 0.5) is 0 Å². The number of carbonyl (C=O) groups excluding carboxylic acids is 1. The highest BCUT2D eigenvalue weighted by Gasteiger charge is 2.26. The highest BCUT2D eigenvalue weighted by atomic mass is 16.5. The van der Waals surface area contributed by atoms with Crippen molar-refractivity contribution in [3.05, 3.63) is 41.3 Å². The van der Waals surface area contributed by atoms with Crippen LogP contribution >= 0.6 is 0 Å². The summed E-state index contributed by atoms with van der Waals surface area (Å²) in [5.74, 6) is 0.217. The predicted molar refractivity (Wildman–Crippen MR) is 88.0 cm³/mol. The number of hydrogen-bond donors (Lipinski definition) is 1. The zero-order valence-corrected chi connectivity index (χ0v) is 14.0. The molecule has 2 heterocycles. The number of nitrogens with one attached hydrogen (secondary N) is 1. The molecule has 1 aliphatic carbocycles. The van der Waals surface area contributed by atoms with E-state index in [2.05, 4.69) is 21.6 Å². The van der Waals surface area contributed by atoms with Gasteiger partial charge in [-0.05, 0) is 30.9 Å². The molecule has 1 N–H and O–H groups in total. The third kappa shape index (κ3) is 3.56. The summed E-state index contributed by atoms with van der Waals surface area (Å²) in [6.07, 6.45) is 4.95. The lowest BCUT2D eigenvalue weighted by Crippen LogP contribution is -2.31. The van der Waals surface area contributed by atoms with Crippen LogP contribution in [0, 0.1) is 0 Å². The average Bonchev–Trinajstić information content (AvgIpc) is 3.04. The molecule has 7 nitrogen and oxygen atoms in total. The SMILES string of the molecule is COCCn1cc2c(n1)C(NC(=O)c1cccc(OC)n1)CCC2. The number of nitrogens with zero attached hydrogens (tertiary/aromatic N) is 3. The Bertz CT molecular complexity index is 714. The maximum atomic E-state index is 12.5. The van der Waals surface area contributed by atoms with E-state index in [-0.39, 0.29) is 11.9 Å². The van der Waals surface area contributed by atoms with Gasteiger partial charge in [0.25, 0.3) is 5.91 Å². The maximum Gasteiger partial charge on any atom is 0.270 e. The van der Waals surface area contributed by atoms with Gasteiger partial charge < -0.3 is 14.8 Å². The van der Waals surface area contributed by atoms with E-state index in [9.17, 15) is 4.79 Å². The van der Waals surface area contributed by atoms with Gasteiger partial charge in [-0.2, -0.15) is 5.10 Å². The monoisotopic (exact) mass is 330 g/mol. The third-order valence-corrected chi connectivity index (χ3v) is 4.13. The molecule has 0 aromatic carbocycles. The second-order valence-corrected chi connectivity index (χ2v) is 5.78. The molecule has 3 rings (SSSR count). The second-order valence-electron chi connectivity index (χ2n) is 5.78. The molecule has 0 fully saturated rings. The molecule has 0 bridgehead atoms. The van der Waals surface area contributed by atoms with Gasteiger partial charge in [-0.3, -0.25) is 9.48 Å². The van der Waals surface area contributed by atoms with Crippen molar-refractivity contribution in [2.75, 3.05) is 20.8 Å². The molecule has 0 radical (unpaired) electrons. The summed E-state index contributed by atoms with van der Waals surface area (Å²) in [4.78, 5) is 16.7. The van der Waals surface area contributed by atoms with E-state index >= 15 is 0 Å². The largest absolute Gasteiger partial charge is 0.481 e. The van der Waals surface area contributed by atoms with Gasteiger partial charge in [-0.15, -0.1) is 0 Å². The van der Waals surface area contributed by atoms with Crippen LogP contribution in [0.3, 0.4) is 0 Å². The van der Waals surface area contributed by atoms with Gasteiger partial charge >= 0.3 is 0 Å². The van der Waals surface area contributed by atoms with E-state index in [4.69, 9.17) is 9.47 Å². The predicted octanol–water partition coefficient (Wildman–Crippen LogP) is 1.74. The maximum absolute atomic E-state index is 12.5. The van der Waals surface area contributed by atoms with E-state index < -0.39 is 0 Å². The van der Waals surface area contributed by atoms with Gasteiger partial charge in [0.15, 0.2) is 0 Å². The Morgan fingerprint density at radius 3 is 3.08 bits per heavy atom. The molecular weight excluding hydrogens is 308 g/mol. The summed E-state index contributed by atoms with van der Waals surface area (Å²) in [5.41, 5.74) is 2.50.